The van der Waals surface area contributed by atoms with Crippen molar-refractivity contribution in [1.29, 1.82) is 0 Å². The van der Waals surface area contributed by atoms with E-state index in [0.717, 1.165) is 22.6 Å². The molecule has 6 heteroatoms. The van der Waals surface area contributed by atoms with E-state index in [0.29, 0.717) is 18.9 Å². The molecule has 0 aromatic heterocycles. The van der Waals surface area contributed by atoms with E-state index in [9.17, 15) is 4.79 Å². The summed E-state index contributed by atoms with van der Waals surface area (Å²) >= 11 is 0. The molecule has 2 aromatic rings. The van der Waals surface area contributed by atoms with Gasteiger partial charge in [0.15, 0.2) is 0 Å². The zero-order valence-electron chi connectivity index (χ0n) is 17.3. The first kappa shape index (κ1) is 21.6. The van der Waals surface area contributed by atoms with Gasteiger partial charge in [0.1, 0.15) is 23.9 Å². The van der Waals surface area contributed by atoms with Gasteiger partial charge in [0.2, 0.25) is 5.91 Å². The van der Waals surface area contributed by atoms with Crippen molar-refractivity contribution < 1.29 is 19.0 Å². The third-order valence-electron chi connectivity index (χ3n) is 4.43. The Balaban J connectivity index is 1.82. The molecule has 0 spiro atoms. The Bertz CT molecular complexity index is 779. The number of likely N-dealkylation sites (N-methyl/N-ethyl adjacent to an activating group) is 1. The van der Waals surface area contributed by atoms with Crippen LogP contribution in [0, 0.1) is 6.92 Å². The Morgan fingerprint density at radius 1 is 1.11 bits per heavy atom. The van der Waals surface area contributed by atoms with Crippen molar-refractivity contribution >= 4 is 5.91 Å². The summed E-state index contributed by atoms with van der Waals surface area (Å²) < 4.78 is 16.4. The van der Waals surface area contributed by atoms with Gasteiger partial charge in [0, 0.05) is 12.1 Å². The molecule has 6 nitrogen and oxygen atoms in total. The molecule has 0 aliphatic rings. The van der Waals surface area contributed by atoms with Crippen LogP contribution in [-0.2, 0) is 4.79 Å². The van der Waals surface area contributed by atoms with Gasteiger partial charge in [-0.05, 0) is 56.8 Å². The van der Waals surface area contributed by atoms with Gasteiger partial charge in [-0.15, -0.1) is 0 Å². The number of hydrogen-bond donors (Lipinski definition) is 1. The molecule has 2 aromatic carbocycles. The highest BCUT2D eigenvalue weighted by atomic mass is 16.5. The summed E-state index contributed by atoms with van der Waals surface area (Å²) in [5, 5.41) is 3.01. The van der Waals surface area contributed by atoms with Gasteiger partial charge in [-0.3, -0.25) is 9.69 Å². The molecule has 0 radical (unpaired) electrons. The van der Waals surface area contributed by atoms with Crippen LogP contribution in [0.5, 0.6) is 17.2 Å². The predicted octanol–water partition coefficient (Wildman–Crippen LogP) is 3.20. The normalized spacial score (nSPS) is 11.8. The molecular weight excluding hydrogens is 356 g/mol. The third-order valence-corrected chi connectivity index (χ3v) is 4.43. The van der Waals surface area contributed by atoms with Crippen molar-refractivity contribution in [2.75, 3.05) is 41.0 Å². The first-order chi connectivity index (χ1) is 13.4. The monoisotopic (exact) mass is 386 g/mol. The molecular formula is C22H30N2O4. The highest BCUT2D eigenvalue weighted by Crippen LogP contribution is 2.29. The van der Waals surface area contributed by atoms with Gasteiger partial charge in [0.25, 0.3) is 0 Å². The number of benzene rings is 2. The fourth-order valence-electron chi connectivity index (χ4n) is 2.89. The molecule has 28 heavy (non-hydrogen) atoms. The van der Waals surface area contributed by atoms with Crippen LogP contribution in [0.3, 0.4) is 0 Å². The number of nitrogens with zero attached hydrogens (tertiary/aromatic N) is 1. The summed E-state index contributed by atoms with van der Waals surface area (Å²) in [6.45, 7) is 5.41. The van der Waals surface area contributed by atoms with Crippen molar-refractivity contribution in [2.24, 2.45) is 0 Å². The number of methoxy groups -OCH3 is 2. The first-order valence-corrected chi connectivity index (χ1v) is 9.32. The van der Waals surface area contributed by atoms with E-state index in [1.807, 2.05) is 68.3 Å². The summed E-state index contributed by atoms with van der Waals surface area (Å²) in [6.07, 6.45) is 0. The summed E-state index contributed by atoms with van der Waals surface area (Å²) in [4.78, 5) is 14.3. The molecule has 0 aliphatic carbocycles. The molecule has 2 rings (SSSR count). The third kappa shape index (κ3) is 6.46. The van der Waals surface area contributed by atoms with Gasteiger partial charge in [0.05, 0.1) is 26.8 Å². The van der Waals surface area contributed by atoms with Gasteiger partial charge >= 0.3 is 0 Å². The second kappa shape index (κ2) is 10.6. The molecule has 1 unspecified atom stereocenters. The molecule has 0 aliphatic heterocycles. The van der Waals surface area contributed by atoms with E-state index in [4.69, 9.17) is 14.2 Å². The lowest BCUT2D eigenvalue weighted by Crippen LogP contribution is -2.38. The maximum Gasteiger partial charge on any atom is 0.234 e. The van der Waals surface area contributed by atoms with Crippen LogP contribution < -0.4 is 19.5 Å². The van der Waals surface area contributed by atoms with Crippen molar-refractivity contribution in [3.8, 4) is 17.2 Å². The van der Waals surface area contributed by atoms with E-state index in [1.54, 1.807) is 14.2 Å². The number of amides is 1. The molecule has 0 saturated heterocycles. The van der Waals surface area contributed by atoms with E-state index in [2.05, 4.69) is 5.32 Å². The van der Waals surface area contributed by atoms with Gasteiger partial charge < -0.3 is 19.5 Å². The maximum atomic E-state index is 12.4. The standard InChI is InChI=1S/C22H30N2O4/c1-16-7-6-8-19(13-16)28-12-11-24(3)15-22(25)23-17(2)20-14-18(26-4)9-10-21(20)27-5/h6-10,13-14,17H,11-12,15H2,1-5H3,(H,23,25). The van der Waals surface area contributed by atoms with Crippen molar-refractivity contribution in [2.45, 2.75) is 19.9 Å². The van der Waals surface area contributed by atoms with E-state index in [-0.39, 0.29) is 18.5 Å². The molecule has 1 atom stereocenters. The predicted molar refractivity (Wildman–Crippen MR) is 110 cm³/mol. The van der Waals surface area contributed by atoms with Crippen molar-refractivity contribution in [3.63, 3.8) is 0 Å². The number of carbonyl (C=O) groups excluding carboxylic acids is 1. The van der Waals surface area contributed by atoms with Crippen LogP contribution >= 0.6 is 0 Å². The highest BCUT2D eigenvalue weighted by Gasteiger charge is 2.16. The maximum absolute atomic E-state index is 12.4. The van der Waals surface area contributed by atoms with Gasteiger partial charge in [-0.1, -0.05) is 12.1 Å². The lowest BCUT2D eigenvalue weighted by molar-refractivity contribution is -0.122. The second-order valence-corrected chi connectivity index (χ2v) is 6.80. The Hall–Kier alpha value is -2.73. The van der Waals surface area contributed by atoms with Crippen LogP contribution in [0.25, 0.3) is 0 Å². The van der Waals surface area contributed by atoms with Gasteiger partial charge in [-0.2, -0.15) is 0 Å². The molecule has 1 amide bonds. The number of carbonyl (C=O) groups is 1. The van der Waals surface area contributed by atoms with Crippen molar-refractivity contribution in [1.82, 2.24) is 10.2 Å². The lowest BCUT2D eigenvalue weighted by atomic mass is 10.1. The minimum Gasteiger partial charge on any atom is -0.497 e. The van der Waals surface area contributed by atoms with Crippen LogP contribution in [0.15, 0.2) is 42.5 Å². The SMILES string of the molecule is COc1ccc(OC)c(C(C)NC(=O)CN(C)CCOc2cccc(C)c2)c1. The average Bonchev–Trinajstić information content (AvgIpc) is 2.67. The summed E-state index contributed by atoms with van der Waals surface area (Å²) in [6, 6.07) is 13.3. The smallest absolute Gasteiger partial charge is 0.234 e. The van der Waals surface area contributed by atoms with Crippen LogP contribution in [0.4, 0.5) is 0 Å². The lowest BCUT2D eigenvalue weighted by Gasteiger charge is -2.21. The number of rotatable bonds is 10. The first-order valence-electron chi connectivity index (χ1n) is 9.32. The fraction of sp³-hybridized carbons (Fsp3) is 0.409. The Morgan fingerprint density at radius 2 is 1.89 bits per heavy atom. The van der Waals surface area contributed by atoms with Crippen LogP contribution in [-0.4, -0.2) is 51.8 Å². The Morgan fingerprint density at radius 3 is 2.57 bits per heavy atom. The Labute approximate surface area is 167 Å². The fourth-order valence-corrected chi connectivity index (χ4v) is 2.89. The quantitative estimate of drug-likeness (QED) is 0.680. The van der Waals surface area contributed by atoms with Gasteiger partial charge in [-0.25, -0.2) is 0 Å². The summed E-state index contributed by atoms with van der Waals surface area (Å²) in [5.41, 5.74) is 2.04. The minimum atomic E-state index is -0.200. The number of aryl methyl sites for hydroxylation is 1. The molecule has 1 N–H and O–H groups in total. The largest absolute Gasteiger partial charge is 0.497 e. The zero-order chi connectivity index (χ0) is 20.5. The molecule has 0 saturated carbocycles. The van der Waals surface area contributed by atoms with Crippen LogP contribution in [0.2, 0.25) is 0 Å². The minimum absolute atomic E-state index is 0.0598. The molecule has 0 fully saturated rings. The number of nitrogens with one attached hydrogen (secondary N) is 1. The van der Waals surface area contributed by atoms with E-state index >= 15 is 0 Å². The molecule has 152 valence electrons. The number of ether oxygens (including phenoxy) is 3. The molecule has 0 heterocycles. The summed E-state index contributed by atoms with van der Waals surface area (Å²) in [7, 11) is 5.13. The second-order valence-electron chi connectivity index (χ2n) is 6.80. The number of hydrogen-bond acceptors (Lipinski definition) is 5. The summed E-state index contributed by atoms with van der Waals surface area (Å²) in [5.74, 6) is 2.22. The highest BCUT2D eigenvalue weighted by molar-refractivity contribution is 5.78. The van der Waals surface area contributed by atoms with Crippen LogP contribution in [0.1, 0.15) is 24.1 Å². The topological polar surface area (TPSA) is 60.0 Å². The van der Waals surface area contributed by atoms with E-state index < -0.39 is 0 Å². The Kier molecular flexibility index (Phi) is 8.14. The molecule has 0 bridgehead atoms. The van der Waals surface area contributed by atoms with E-state index in [1.165, 1.54) is 0 Å². The average molecular weight is 386 g/mol. The van der Waals surface area contributed by atoms with Crippen molar-refractivity contribution in [3.05, 3.63) is 53.6 Å². The zero-order valence-corrected chi connectivity index (χ0v) is 17.3.